The van der Waals surface area contributed by atoms with Gasteiger partial charge < -0.3 is 9.13 Å². The van der Waals surface area contributed by atoms with E-state index in [1.165, 1.54) is 0 Å². The van der Waals surface area contributed by atoms with Crippen LogP contribution in [0, 0.1) is 0 Å². The maximum atomic E-state index is 11.8. The van der Waals surface area contributed by atoms with Crippen LogP contribution in [0.5, 0.6) is 0 Å². The Bertz CT molecular complexity index is 260. The first-order valence-corrected chi connectivity index (χ1v) is 7.39. The third-order valence-electron chi connectivity index (χ3n) is 3.64. The van der Waals surface area contributed by atoms with Gasteiger partial charge in [-0.1, -0.05) is 41.5 Å². The highest BCUT2D eigenvalue weighted by molar-refractivity contribution is 6.87. The summed E-state index contributed by atoms with van der Waals surface area (Å²) < 4.78 is 4.04. The molecule has 1 saturated heterocycles. The fraction of sp³-hybridized carbons (Fsp3) is 0.909. The van der Waals surface area contributed by atoms with E-state index in [1.54, 1.807) is 0 Å². The van der Waals surface area contributed by atoms with Crippen molar-refractivity contribution in [2.24, 2.45) is 0 Å². The van der Waals surface area contributed by atoms with Crippen LogP contribution in [0.4, 0.5) is 4.79 Å². The lowest BCUT2D eigenvalue weighted by Crippen LogP contribution is -2.85. The molecule has 1 aliphatic heterocycles. The van der Waals surface area contributed by atoms with Crippen LogP contribution in [0.2, 0.25) is 10.1 Å². The zero-order valence-electron chi connectivity index (χ0n) is 11.3. The molecular formula is C11H24N2OSi. The second-order valence-corrected chi connectivity index (χ2v) is 12.3. The summed E-state index contributed by atoms with van der Waals surface area (Å²) >= 11 is 0. The minimum Gasteiger partial charge on any atom is -0.336 e. The standard InChI is InChI=1S/C11H24N2OSi/c1-10(2,3)15(11(4,5)6)12(7)9(14)13(15)8/h1-8H3. The molecule has 0 aromatic heterocycles. The average molecular weight is 228 g/mol. The molecule has 1 heterocycles. The quantitative estimate of drug-likeness (QED) is 0.585. The molecule has 0 spiro atoms. The number of rotatable bonds is 0. The minimum atomic E-state index is -1.90. The Balaban J connectivity index is 3.29. The summed E-state index contributed by atoms with van der Waals surface area (Å²) in [5, 5.41) is 0.339. The van der Waals surface area contributed by atoms with E-state index in [9.17, 15) is 4.79 Å². The molecule has 0 radical (unpaired) electrons. The van der Waals surface area contributed by atoms with Crippen LogP contribution < -0.4 is 0 Å². The first kappa shape index (κ1) is 12.6. The molecule has 0 aromatic carbocycles. The van der Waals surface area contributed by atoms with Crippen molar-refractivity contribution in [2.45, 2.75) is 51.6 Å². The second-order valence-electron chi connectivity index (χ2n) is 6.57. The zero-order valence-corrected chi connectivity index (χ0v) is 12.3. The van der Waals surface area contributed by atoms with E-state index < -0.39 is 8.40 Å². The van der Waals surface area contributed by atoms with E-state index in [1.807, 2.05) is 23.2 Å². The summed E-state index contributed by atoms with van der Waals surface area (Å²) in [6.45, 7) is 13.5. The lowest BCUT2D eigenvalue weighted by atomic mass is 10.2. The lowest BCUT2D eigenvalue weighted by molar-refractivity contribution is 0.170. The van der Waals surface area contributed by atoms with Crippen LogP contribution in [0.3, 0.4) is 0 Å². The smallest absolute Gasteiger partial charge is 0.306 e. The number of nitrogens with zero attached hydrogens (tertiary/aromatic N) is 2. The Morgan fingerprint density at radius 2 is 1.13 bits per heavy atom. The van der Waals surface area contributed by atoms with Crippen molar-refractivity contribution in [1.29, 1.82) is 0 Å². The monoisotopic (exact) mass is 228 g/mol. The molecule has 0 N–H and O–H groups in total. The van der Waals surface area contributed by atoms with Gasteiger partial charge in [-0.25, -0.2) is 0 Å². The van der Waals surface area contributed by atoms with E-state index in [4.69, 9.17) is 0 Å². The van der Waals surface area contributed by atoms with Gasteiger partial charge in [-0.2, -0.15) is 0 Å². The van der Waals surface area contributed by atoms with Crippen LogP contribution in [0.1, 0.15) is 41.5 Å². The highest BCUT2D eigenvalue weighted by Crippen LogP contribution is 2.57. The van der Waals surface area contributed by atoms with E-state index in [2.05, 4.69) is 41.5 Å². The lowest BCUT2D eigenvalue weighted by Gasteiger charge is -2.66. The SMILES string of the molecule is CN1C(=O)N(C)[Si]1(C(C)(C)C)C(C)(C)C. The highest BCUT2D eigenvalue weighted by Gasteiger charge is 2.69. The van der Waals surface area contributed by atoms with Gasteiger partial charge in [-0.15, -0.1) is 0 Å². The van der Waals surface area contributed by atoms with Gasteiger partial charge in [0, 0.05) is 14.1 Å². The van der Waals surface area contributed by atoms with Crippen molar-refractivity contribution in [2.75, 3.05) is 14.1 Å². The molecular weight excluding hydrogens is 204 g/mol. The summed E-state index contributed by atoms with van der Waals surface area (Å²) in [5.74, 6) is 0. The molecule has 0 atom stereocenters. The third kappa shape index (κ3) is 1.27. The Morgan fingerprint density at radius 1 is 0.867 bits per heavy atom. The number of hydrogen-bond acceptors (Lipinski definition) is 1. The van der Waals surface area contributed by atoms with Gasteiger partial charge in [0.05, 0.1) is 0 Å². The minimum absolute atomic E-state index is 0.169. The Labute approximate surface area is 94.6 Å². The Kier molecular flexibility index (Phi) is 2.51. The van der Waals surface area contributed by atoms with Crippen LogP contribution in [-0.4, -0.2) is 37.7 Å². The molecule has 0 saturated carbocycles. The Hall–Kier alpha value is -0.513. The molecule has 4 heteroatoms. The van der Waals surface area contributed by atoms with Crippen molar-refractivity contribution in [3.8, 4) is 0 Å². The van der Waals surface area contributed by atoms with Crippen molar-refractivity contribution < 1.29 is 4.79 Å². The zero-order chi connectivity index (χ0) is 12.2. The van der Waals surface area contributed by atoms with Gasteiger partial charge in [0.1, 0.15) is 0 Å². The van der Waals surface area contributed by atoms with Crippen LogP contribution in [0.25, 0.3) is 0 Å². The molecule has 0 aliphatic carbocycles. The molecule has 2 amide bonds. The molecule has 0 aromatic rings. The van der Waals surface area contributed by atoms with Gasteiger partial charge in [-0.05, 0) is 10.1 Å². The first-order valence-electron chi connectivity index (χ1n) is 5.49. The average Bonchev–Trinajstić information content (AvgIpc) is 1.99. The summed E-state index contributed by atoms with van der Waals surface area (Å²) in [6.07, 6.45) is 0. The van der Waals surface area contributed by atoms with E-state index in [0.29, 0.717) is 0 Å². The van der Waals surface area contributed by atoms with Crippen molar-refractivity contribution in [3.63, 3.8) is 0 Å². The van der Waals surface area contributed by atoms with Crippen LogP contribution >= 0.6 is 0 Å². The number of amides is 2. The van der Waals surface area contributed by atoms with Gasteiger partial charge in [0.25, 0.3) is 8.40 Å². The van der Waals surface area contributed by atoms with Crippen LogP contribution in [0.15, 0.2) is 0 Å². The number of carbonyl (C=O) groups is 1. The first-order chi connectivity index (χ1) is 6.48. The maximum Gasteiger partial charge on any atom is 0.306 e. The molecule has 88 valence electrons. The molecule has 0 bridgehead atoms. The van der Waals surface area contributed by atoms with Gasteiger partial charge in [0.2, 0.25) is 0 Å². The van der Waals surface area contributed by atoms with E-state index in [0.717, 1.165) is 0 Å². The fourth-order valence-corrected chi connectivity index (χ4v) is 11.3. The number of hydrogen-bond donors (Lipinski definition) is 0. The van der Waals surface area contributed by atoms with E-state index in [-0.39, 0.29) is 16.1 Å². The van der Waals surface area contributed by atoms with E-state index >= 15 is 0 Å². The summed E-state index contributed by atoms with van der Waals surface area (Å²) in [7, 11) is 2.03. The molecule has 3 nitrogen and oxygen atoms in total. The largest absolute Gasteiger partial charge is 0.336 e. The predicted octanol–water partition coefficient (Wildman–Crippen LogP) is 3.03. The summed E-state index contributed by atoms with van der Waals surface area (Å²) in [5.41, 5.74) is 0. The predicted molar refractivity (Wildman–Crippen MR) is 66.1 cm³/mol. The number of carbonyl (C=O) groups excluding carboxylic acids is 1. The molecule has 15 heavy (non-hydrogen) atoms. The second kappa shape index (κ2) is 3.00. The summed E-state index contributed by atoms with van der Waals surface area (Å²) in [4.78, 5) is 11.8. The van der Waals surface area contributed by atoms with Gasteiger partial charge in [0.15, 0.2) is 0 Å². The highest BCUT2D eigenvalue weighted by atomic mass is 28.4. The normalized spacial score (nSPS) is 21.7. The molecule has 0 unspecified atom stereocenters. The fourth-order valence-electron chi connectivity index (χ4n) is 3.82. The van der Waals surface area contributed by atoms with Gasteiger partial charge in [-0.3, -0.25) is 4.79 Å². The molecule has 1 fully saturated rings. The van der Waals surface area contributed by atoms with Crippen molar-refractivity contribution in [3.05, 3.63) is 0 Å². The Morgan fingerprint density at radius 3 is 1.27 bits per heavy atom. The third-order valence-corrected chi connectivity index (χ3v) is 10.1. The number of urea groups is 1. The summed E-state index contributed by atoms with van der Waals surface area (Å²) in [6, 6.07) is 0.173. The van der Waals surface area contributed by atoms with Gasteiger partial charge >= 0.3 is 6.03 Å². The topological polar surface area (TPSA) is 23.6 Å². The molecule has 1 rings (SSSR count). The van der Waals surface area contributed by atoms with Crippen molar-refractivity contribution >= 4 is 14.4 Å². The van der Waals surface area contributed by atoms with Crippen LogP contribution in [-0.2, 0) is 0 Å². The molecule has 1 aliphatic rings. The maximum absolute atomic E-state index is 11.8. The van der Waals surface area contributed by atoms with Crippen molar-refractivity contribution in [1.82, 2.24) is 9.13 Å².